The van der Waals surface area contributed by atoms with Gasteiger partial charge in [0.2, 0.25) is 11.9 Å². The Bertz CT molecular complexity index is 713. The van der Waals surface area contributed by atoms with E-state index in [0.717, 1.165) is 32.2 Å². The summed E-state index contributed by atoms with van der Waals surface area (Å²) < 4.78 is 8.10. The number of nitrogens with zero attached hydrogens (tertiary/aromatic N) is 4. The first kappa shape index (κ1) is 17.7. The van der Waals surface area contributed by atoms with Crippen molar-refractivity contribution >= 4 is 11.9 Å². The highest BCUT2D eigenvalue weighted by atomic mass is 16.5. The van der Waals surface area contributed by atoms with Crippen LogP contribution in [0.2, 0.25) is 0 Å². The Balaban J connectivity index is 1.59. The van der Waals surface area contributed by atoms with Gasteiger partial charge in [0.15, 0.2) is 0 Å². The molecule has 7 nitrogen and oxygen atoms in total. The van der Waals surface area contributed by atoms with Gasteiger partial charge in [-0.05, 0) is 45.3 Å². The average molecular weight is 344 g/mol. The van der Waals surface area contributed by atoms with Crippen molar-refractivity contribution in [3.63, 3.8) is 0 Å². The maximum Gasteiger partial charge on any atom is 0.241 e. The van der Waals surface area contributed by atoms with Gasteiger partial charge in [-0.25, -0.2) is 4.68 Å². The van der Waals surface area contributed by atoms with E-state index in [1.807, 2.05) is 7.05 Å². The summed E-state index contributed by atoms with van der Waals surface area (Å²) in [4.78, 5) is 6.35. The number of aromatic nitrogens is 3. The Morgan fingerprint density at radius 1 is 1.36 bits per heavy atom. The van der Waals surface area contributed by atoms with Gasteiger partial charge >= 0.3 is 0 Å². The second kappa shape index (κ2) is 7.41. The minimum Gasteiger partial charge on any atom is -0.366 e. The Hall–Kier alpha value is -2.12. The highest BCUT2D eigenvalue weighted by Gasteiger charge is 2.39. The van der Waals surface area contributed by atoms with Gasteiger partial charge in [-0.15, -0.1) is 5.10 Å². The molecular formula is C18H28N6O. The first-order chi connectivity index (χ1) is 12.0. The van der Waals surface area contributed by atoms with E-state index in [-0.39, 0.29) is 11.7 Å². The molecule has 0 saturated heterocycles. The van der Waals surface area contributed by atoms with Crippen molar-refractivity contribution in [1.82, 2.24) is 19.7 Å². The molecule has 0 bridgehead atoms. The summed E-state index contributed by atoms with van der Waals surface area (Å²) in [6, 6.07) is 8.64. The van der Waals surface area contributed by atoms with E-state index in [9.17, 15) is 0 Å². The molecule has 0 fully saturated rings. The van der Waals surface area contributed by atoms with Gasteiger partial charge in [-0.3, -0.25) is 4.90 Å². The van der Waals surface area contributed by atoms with Crippen LogP contribution in [0.1, 0.15) is 30.4 Å². The van der Waals surface area contributed by atoms with Crippen LogP contribution < -0.4 is 11.1 Å². The average Bonchev–Trinajstić information content (AvgIpc) is 2.92. The van der Waals surface area contributed by atoms with Gasteiger partial charge in [0, 0.05) is 19.2 Å². The molecule has 136 valence electrons. The number of rotatable bonds is 7. The molecule has 7 heteroatoms. The molecule has 1 aromatic carbocycles. The molecule has 25 heavy (non-hydrogen) atoms. The molecular weight excluding hydrogens is 316 g/mol. The molecule has 0 aliphatic heterocycles. The molecule has 1 atom stereocenters. The fourth-order valence-electron chi connectivity index (χ4n) is 3.59. The van der Waals surface area contributed by atoms with Crippen LogP contribution in [0.15, 0.2) is 24.3 Å². The monoisotopic (exact) mass is 344 g/mol. The van der Waals surface area contributed by atoms with E-state index in [0.29, 0.717) is 12.6 Å². The summed E-state index contributed by atoms with van der Waals surface area (Å²) >= 11 is 0. The van der Waals surface area contributed by atoms with Gasteiger partial charge in [0.25, 0.3) is 0 Å². The second-order valence-electron chi connectivity index (χ2n) is 6.74. The fourth-order valence-corrected chi connectivity index (χ4v) is 3.59. The maximum atomic E-state index is 6.45. The Morgan fingerprint density at radius 3 is 2.88 bits per heavy atom. The molecule has 0 amide bonds. The molecule has 1 aromatic heterocycles. The fraction of sp³-hybridized carbons (Fsp3) is 0.556. The number of nitrogens with one attached hydrogen (secondary N) is 1. The van der Waals surface area contributed by atoms with E-state index in [2.05, 4.69) is 58.7 Å². The minimum atomic E-state index is -0.329. The van der Waals surface area contributed by atoms with Crippen molar-refractivity contribution in [2.75, 3.05) is 38.3 Å². The normalized spacial score (nSPS) is 19.8. The van der Waals surface area contributed by atoms with Crippen molar-refractivity contribution in [3.05, 3.63) is 35.4 Å². The van der Waals surface area contributed by atoms with E-state index in [1.165, 1.54) is 11.1 Å². The van der Waals surface area contributed by atoms with Crippen LogP contribution in [0.3, 0.4) is 0 Å². The largest absolute Gasteiger partial charge is 0.366 e. The highest BCUT2D eigenvalue weighted by molar-refractivity contribution is 5.34. The Morgan fingerprint density at radius 2 is 2.16 bits per heavy atom. The van der Waals surface area contributed by atoms with Gasteiger partial charge in [-0.2, -0.15) is 4.98 Å². The van der Waals surface area contributed by atoms with Gasteiger partial charge in [0.05, 0.1) is 6.61 Å². The molecule has 0 spiro atoms. The molecule has 1 heterocycles. The number of benzene rings is 1. The molecule has 1 aliphatic rings. The topological polar surface area (TPSA) is 81.2 Å². The lowest BCUT2D eigenvalue weighted by atomic mass is 9.84. The van der Waals surface area contributed by atoms with Crippen LogP contribution >= 0.6 is 0 Å². The molecule has 1 aliphatic carbocycles. The number of hydrogen-bond acceptors (Lipinski definition) is 6. The van der Waals surface area contributed by atoms with E-state index in [1.54, 1.807) is 4.68 Å². The minimum absolute atomic E-state index is 0.284. The van der Waals surface area contributed by atoms with Crippen LogP contribution in [0.25, 0.3) is 0 Å². The summed E-state index contributed by atoms with van der Waals surface area (Å²) in [5.41, 5.74) is 7.96. The zero-order chi connectivity index (χ0) is 17.9. The summed E-state index contributed by atoms with van der Waals surface area (Å²) in [6.45, 7) is 1.43. The first-order valence-corrected chi connectivity index (χ1v) is 8.83. The summed E-state index contributed by atoms with van der Waals surface area (Å²) in [5.74, 6) is 0.967. The smallest absolute Gasteiger partial charge is 0.241 e. The number of anilines is 2. The third-order valence-corrected chi connectivity index (χ3v) is 4.85. The van der Waals surface area contributed by atoms with Crippen molar-refractivity contribution in [2.45, 2.75) is 31.4 Å². The number of nitrogen functional groups attached to an aromatic ring is 1. The van der Waals surface area contributed by atoms with Crippen LogP contribution in [-0.2, 0) is 23.9 Å². The molecule has 3 rings (SSSR count). The standard InChI is InChI=1S/C18H28N6O/c1-23(2)18(11-6-9-14-8-4-5-10-15(14)18)25-13-7-12-20-17-21-16(19)22-24(17)3/h4-5,8,10H,6-7,9,11-13H2,1-3H3,(H3,19,20,21,22). The zero-order valence-electron chi connectivity index (χ0n) is 15.3. The Kier molecular flexibility index (Phi) is 5.24. The van der Waals surface area contributed by atoms with Crippen LogP contribution in [0, 0.1) is 0 Å². The summed E-state index contributed by atoms with van der Waals surface area (Å²) in [5, 5.41) is 7.27. The summed E-state index contributed by atoms with van der Waals surface area (Å²) in [7, 11) is 6.02. The van der Waals surface area contributed by atoms with Crippen LogP contribution in [0.4, 0.5) is 11.9 Å². The SMILES string of the molecule is CN(C)C1(OCCCNc2nc(N)nn2C)CCCc2ccccc21. The molecule has 3 N–H and O–H groups in total. The Labute approximate surface area is 149 Å². The van der Waals surface area contributed by atoms with Crippen molar-refractivity contribution in [2.24, 2.45) is 7.05 Å². The molecule has 0 saturated carbocycles. The van der Waals surface area contributed by atoms with Gasteiger partial charge in [-0.1, -0.05) is 24.3 Å². The quantitative estimate of drug-likeness (QED) is 0.590. The highest BCUT2D eigenvalue weighted by Crippen LogP contribution is 2.39. The number of ether oxygens (including phenoxy) is 1. The molecule has 2 aromatic rings. The number of nitrogens with two attached hydrogens (primary N) is 1. The lowest BCUT2D eigenvalue weighted by Gasteiger charge is -2.44. The van der Waals surface area contributed by atoms with E-state index >= 15 is 0 Å². The maximum absolute atomic E-state index is 6.45. The van der Waals surface area contributed by atoms with E-state index in [4.69, 9.17) is 10.5 Å². The van der Waals surface area contributed by atoms with Crippen molar-refractivity contribution in [1.29, 1.82) is 0 Å². The number of aryl methyl sites for hydroxylation is 2. The summed E-state index contributed by atoms with van der Waals surface area (Å²) in [6.07, 6.45) is 4.17. The predicted molar refractivity (Wildman–Crippen MR) is 99.2 cm³/mol. The van der Waals surface area contributed by atoms with Gasteiger partial charge in [0.1, 0.15) is 5.72 Å². The third-order valence-electron chi connectivity index (χ3n) is 4.85. The van der Waals surface area contributed by atoms with E-state index < -0.39 is 0 Å². The second-order valence-corrected chi connectivity index (χ2v) is 6.74. The number of fused-ring (bicyclic) bond motifs is 1. The molecule has 1 unspecified atom stereocenters. The van der Waals surface area contributed by atoms with Crippen LogP contribution in [-0.4, -0.2) is 46.9 Å². The lowest BCUT2D eigenvalue weighted by Crippen LogP contribution is -2.46. The third kappa shape index (κ3) is 3.62. The number of hydrogen-bond donors (Lipinski definition) is 2. The van der Waals surface area contributed by atoms with Crippen molar-refractivity contribution < 1.29 is 4.74 Å². The zero-order valence-corrected chi connectivity index (χ0v) is 15.3. The first-order valence-electron chi connectivity index (χ1n) is 8.83. The van der Waals surface area contributed by atoms with Gasteiger partial charge < -0.3 is 15.8 Å². The van der Waals surface area contributed by atoms with Crippen LogP contribution in [0.5, 0.6) is 0 Å². The van der Waals surface area contributed by atoms with Crippen molar-refractivity contribution in [3.8, 4) is 0 Å². The predicted octanol–water partition coefficient (Wildman–Crippen LogP) is 1.97. The lowest BCUT2D eigenvalue weighted by molar-refractivity contribution is -0.155. The molecule has 0 radical (unpaired) electrons.